The van der Waals surface area contributed by atoms with Gasteiger partial charge in [-0.3, -0.25) is 9.03 Å². The summed E-state index contributed by atoms with van der Waals surface area (Å²) in [6.07, 6.45) is 2.15. The molecule has 0 atom stereocenters. The fourth-order valence-corrected chi connectivity index (χ4v) is 4.60. The minimum Gasteiger partial charge on any atom is -0.478 e. The molecule has 0 unspecified atom stereocenters. The van der Waals surface area contributed by atoms with Gasteiger partial charge in [0.05, 0.1) is 43.0 Å². The molecule has 0 saturated carbocycles. The SMILES string of the molecule is COC(=O)c1ccc(NS(C)(=O)=O)cc1.CS(=O)(=O)N(Cc1ccccc1Cl)c1ccc(C(=O)O)cc1. The number of carbonyl (C=O) groups is 2. The molecule has 0 radical (unpaired) electrons. The van der Waals surface area contributed by atoms with Crippen LogP contribution in [0.5, 0.6) is 0 Å². The summed E-state index contributed by atoms with van der Waals surface area (Å²) in [6, 6.07) is 18.6. The second-order valence-electron chi connectivity index (χ2n) is 7.66. The molecule has 0 bridgehead atoms. The summed E-state index contributed by atoms with van der Waals surface area (Å²) >= 11 is 6.07. The summed E-state index contributed by atoms with van der Waals surface area (Å²) in [5.74, 6) is -1.52. The fourth-order valence-electron chi connectivity index (χ4n) is 2.96. The van der Waals surface area contributed by atoms with Gasteiger partial charge in [-0.25, -0.2) is 26.4 Å². The van der Waals surface area contributed by atoms with Crippen LogP contribution in [-0.4, -0.2) is 53.5 Å². The standard InChI is InChI=1S/C15H14ClNO4S.C9H11NO4S/c1-22(20,21)17(10-12-4-2-3-5-14(12)16)13-8-6-11(7-9-13)15(18)19;1-14-9(11)7-3-5-8(6-4-7)10-15(2,12)13/h2-9H,10H2,1H3,(H,18,19);3-6,10H,1-2H3. The highest BCUT2D eigenvalue weighted by Crippen LogP contribution is 2.24. The average molecular weight is 569 g/mol. The van der Waals surface area contributed by atoms with Crippen LogP contribution in [0.25, 0.3) is 0 Å². The second-order valence-corrected chi connectivity index (χ2v) is 11.7. The predicted molar refractivity (Wildman–Crippen MR) is 142 cm³/mol. The van der Waals surface area contributed by atoms with Gasteiger partial charge >= 0.3 is 11.9 Å². The zero-order valence-electron chi connectivity index (χ0n) is 20.1. The lowest BCUT2D eigenvalue weighted by atomic mass is 10.2. The molecule has 0 aromatic heterocycles. The number of sulfonamides is 2. The van der Waals surface area contributed by atoms with Crippen molar-refractivity contribution in [3.63, 3.8) is 0 Å². The van der Waals surface area contributed by atoms with E-state index >= 15 is 0 Å². The predicted octanol–water partition coefficient (Wildman–Crippen LogP) is 3.85. The number of aromatic carboxylic acids is 1. The number of carbonyl (C=O) groups excluding carboxylic acids is 1. The summed E-state index contributed by atoms with van der Waals surface area (Å²) in [7, 11) is -5.54. The van der Waals surface area contributed by atoms with E-state index in [0.29, 0.717) is 27.5 Å². The molecular formula is C24H25ClN2O8S2. The van der Waals surface area contributed by atoms with Crippen molar-refractivity contribution in [2.75, 3.05) is 28.6 Å². The molecule has 2 N–H and O–H groups in total. The first-order chi connectivity index (χ1) is 17.2. The largest absolute Gasteiger partial charge is 0.478 e. The number of ether oxygens (including phenoxy) is 1. The molecule has 0 aliphatic carbocycles. The van der Waals surface area contributed by atoms with Gasteiger partial charge in [-0.2, -0.15) is 0 Å². The normalized spacial score (nSPS) is 11.0. The van der Waals surface area contributed by atoms with Gasteiger partial charge in [-0.15, -0.1) is 0 Å². The molecule has 3 aromatic carbocycles. The van der Waals surface area contributed by atoms with E-state index in [2.05, 4.69) is 9.46 Å². The molecule has 3 rings (SSSR count). The number of nitrogens with zero attached hydrogens (tertiary/aromatic N) is 1. The Morgan fingerprint density at radius 1 is 0.892 bits per heavy atom. The number of carboxylic acids is 1. The zero-order valence-corrected chi connectivity index (χ0v) is 22.5. The van der Waals surface area contributed by atoms with Crippen molar-refractivity contribution in [1.82, 2.24) is 0 Å². The Morgan fingerprint density at radius 2 is 1.43 bits per heavy atom. The summed E-state index contributed by atoms with van der Waals surface area (Å²) in [5.41, 5.74) is 1.92. The van der Waals surface area contributed by atoms with Gasteiger partial charge in [0, 0.05) is 10.7 Å². The van der Waals surface area contributed by atoms with E-state index in [0.717, 1.165) is 12.5 Å². The average Bonchev–Trinajstić information content (AvgIpc) is 2.82. The smallest absolute Gasteiger partial charge is 0.337 e. The highest BCUT2D eigenvalue weighted by Gasteiger charge is 2.19. The number of nitrogens with one attached hydrogen (secondary N) is 1. The van der Waals surface area contributed by atoms with Crippen molar-refractivity contribution >= 4 is 55.0 Å². The first kappa shape index (κ1) is 29.6. The van der Waals surface area contributed by atoms with E-state index in [-0.39, 0.29) is 12.1 Å². The molecule has 0 spiro atoms. The highest BCUT2D eigenvalue weighted by atomic mass is 35.5. The van der Waals surface area contributed by atoms with Crippen LogP contribution in [0.3, 0.4) is 0 Å². The number of halogens is 1. The molecule has 198 valence electrons. The van der Waals surface area contributed by atoms with Gasteiger partial charge in [-0.1, -0.05) is 29.8 Å². The van der Waals surface area contributed by atoms with Gasteiger partial charge in [0.15, 0.2) is 0 Å². The number of anilines is 2. The molecule has 0 aliphatic heterocycles. The lowest BCUT2D eigenvalue weighted by molar-refractivity contribution is 0.0599. The molecule has 0 heterocycles. The Balaban J connectivity index is 0.000000281. The lowest BCUT2D eigenvalue weighted by Crippen LogP contribution is -2.29. The van der Waals surface area contributed by atoms with Crippen molar-refractivity contribution in [2.24, 2.45) is 0 Å². The molecule has 0 saturated heterocycles. The van der Waals surface area contributed by atoms with E-state index < -0.39 is 32.0 Å². The highest BCUT2D eigenvalue weighted by molar-refractivity contribution is 7.92. The second kappa shape index (κ2) is 12.6. The number of rotatable bonds is 8. The lowest BCUT2D eigenvalue weighted by Gasteiger charge is -2.23. The third-order valence-electron chi connectivity index (χ3n) is 4.68. The van der Waals surface area contributed by atoms with E-state index in [4.69, 9.17) is 16.7 Å². The summed E-state index contributed by atoms with van der Waals surface area (Å²) < 4.78 is 53.8. The van der Waals surface area contributed by atoms with Gasteiger partial charge in [0.2, 0.25) is 20.0 Å². The van der Waals surface area contributed by atoms with E-state index in [1.807, 2.05) is 0 Å². The molecule has 0 amide bonds. The zero-order chi connectivity index (χ0) is 27.8. The van der Waals surface area contributed by atoms with E-state index in [1.54, 1.807) is 24.3 Å². The van der Waals surface area contributed by atoms with Crippen LogP contribution in [0.1, 0.15) is 26.3 Å². The summed E-state index contributed by atoms with van der Waals surface area (Å²) in [5, 5.41) is 9.37. The van der Waals surface area contributed by atoms with Gasteiger partial charge in [0.1, 0.15) is 0 Å². The third kappa shape index (κ3) is 9.41. The Kier molecular flexibility index (Phi) is 10.1. The molecule has 10 nitrogen and oxygen atoms in total. The number of hydrogen-bond donors (Lipinski definition) is 2. The van der Waals surface area contributed by atoms with Crippen LogP contribution in [0.2, 0.25) is 5.02 Å². The Hall–Kier alpha value is -3.61. The van der Waals surface area contributed by atoms with Crippen molar-refractivity contribution in [1.29, 1.82) is 0 Å². The van der Waals surface area contributed by atoms with Crippen LogP contribution in [0.4, 0.5) is 11.4 Å². The first-order valence-electron chi connectivity index (χ1n) is 10.4. The first-order valence-corrected chi connectivity index (χ1v) is 14.5. The molecule has 13 heteroatoms. The topological polar surface area (TPSA) is 147 Å². The van der Waals surface area contributed by atoms with Crippen LogP contribution >= 0.6 is 11.6 Å². The molecule has 0 aliphatic rings. The van der Waals surface area contributed by atoms with E-state index in [9.17, 15) is 26.4 Å². The van der Waals surface area contributed by atoms with Crippen LogP contribution in [0, 0.1) is 0 Å². The number of esters is 1. The molecule has 3 aromatic rings. The van der Waals surface area contributed by atoms with Crippen LogP contribution in [0.15, 0.2) is 72.8 Å². The van der Waals surface area contributed by atoms with Gasteiger partial charge in [-0.05, 0) is 60.2 Å². The number of hydrogen-bond acceptors (Lipinski definition) is 7. The number of methoxy groups -OCH3 is 1. The van der Waals surface area contributed by atoms with Gasteiger partial charge in [0.25, 0.3) is 0 Å². The Morgan fingerprint density at radius 3 is 1.89 bits per heavy atom. The fraction of sp³-hybridized carbons (Fsp3) is 0.167. The number of carboxylic acid groups (broad SMARTS) is 1. The van der Waals surface area contributed by atoms with Crippen molar-refractivity contribution in [3.05, 3.63) is 94.5 Å². The maximum absolute atomic E-state index is 12.0. The maximum Gasteiger partial charge on any atom is 0.337 e. The molecular weight excluding hydrogens is 544 g/mol. The number of benzene rings is 3. The molecule has 0 fully saturated rings. The monoisotopic (exact) mass is 568 g/mol. The Labute approximate surface area is 220 Å². The maximum atomic E-state index is 12.0. The third-order valence-corrected chi connectivity index (χ3v) is 6.80. The van der Waals surface area contributed by atoms with Crippen LogP contribution in [-0.2, 0) is 31.3 Å². The van der Waals surface area contributed by atoms with Crippen molar-refractivity contribution in [3.8, 4) is 0 Å². The summed E-state index contributed by atoms with van der Waals surface area (Å²) in [4.78, 5) is 21.9. The summed E-state index contributed by atoms with van der Waals surface area (Å²) in [6.45, 7) is 0.0743. The Bertz CT molecular complexity index is 1460. The quantitative estimate of drug-likeness (QED) is 0.389. The minimum atomic E-state index is -3.54. The van der Waals surface area contributed by atoms with Crippen LogP contribution < -0.4 is 9.03 Å². The molecule has 37 heavy (non-hydrogen) atoms. The van der Waals surface area contributed by atoms with Crippen molar-refractivity contribution in [2.45, 2.75) is 6.54 Å². The minimum absolute atomic E-state index is 0.0743. The van der Waals surface area contributed by atoms with E-state index in [1.165, 1.54) is 59.9 Å². The van der Waals surface area contributed by atoms with Gasteiger partial charge < -0.3 is 9.84 Å². The van der Waals surface area contributed by atoms with Crippen molar-refractivity contribution < 1.29 is 36.3 Å².